The number of aromatic nitrogens is 3. The van der Waals surface area contributed by atoms with Gasteiger partial charge in [0.15, 0.2) is 5.82 Å². The van der Waals surface area contributed by atoms with Gasteiger partial charge in [0.2, 0.25) is 5.91 Å². The third-order valence-electron chi connectivity index (χ3n) is 4.73. The van der Waals surface area contributed by atoms with E-state index in [-0.39, 0.29) is 18.4 Å². The largest absolute Gasteiger partial charge is 0.359 e. The summed E-state index contributed by atoms with van der Waals surface area (Å²) in [6.07, 6.45) is 5.84. The summed E-state index contributed by atoms with van der Waals surface area (Å²) in [5, 5.41) is 10.7. The molecule has 154 valence electrons. The van der Waals surface area contributed by atoms with Gasteiger partial charge in [-0.25, -0.2) is 4.98 Å². The first-order valence-corrected chi connectivity index (χ1v) is 10.0. The fraction of sp³-hybridized carbons (Fsp3) is 0.238. The topological polar surface area (TPSA) is 92.2 Å². The number of amides is 2. The van der Waals surface area contributed by atoms with Crippen LogP contribution >= 0.6 is 11.6 Å². The molecule has 0 unspecified atom stereocenters. The van der Waals surface area contributed by atoms with Crippen molar-refractivity contribution in [2.24, 2.45) is 0 Å². The second-order valence-electron chi connectivity index (χ2n) is 7.00. The zero-order valence-electron chi connectivity index (χ0n) is 16.4. The monoisotopic (exact) mass is 424 g/mol. The lowest BCUT2D eigenvalue weighted by Crippen LogP contribution is -2.40. The third kappa shape index (κ3) is 4.28. The van der Waals surface area contributed by atoms with Crippen molar-refractivity contribution in [2.75, 3.05) is 22.1 Å². The summed E-state index contributed by atoms with van der Waals surface area (Å²) >= 11 is 5.95. The van der Waals surface area contributed by atoms with Gasteiger partial charge in [-0.3, -0.25) is 14.3 Å². The van der Waals surface area contributed by atoms with Crippen LogP contribution in [0.2, 0.25) is 5.02 Å². The number of pyridine rings is 1. The van der Waals surface area contributed by atoms with Crippen LogP contribution in [0.5, 0.6) is 0 Å². The van der Waals surface area contributed by atoms with Crippen molar-refractivity contribution >= 4 is 40.6 Å². The predicted molar refractivity (Wildman–Crippen MR) is 116 cm³/mol. The maximum atomic E-state index is 12.7. The Morgan fingerprint density at radius 3 is 2.83 bits per heavy atom. The van der Waals surface area contributed by atoms with E-state index in [0.29, 0.717) is 34.3 Å². The number of rotatable bonds is 6. The smallest absolute Gasteiger partial charge is 0.257 e. The van der Waals surface area contributed by atoms with E-state index in [1.807, 2.05) is 12.1 Å². The number of carbonyl (C=O) groups excluding carboxylic acids is 2. The highest BCUT2D eigenvalue weighted by molar-refractivity contribution is 6.30. The van der Waals surface area contributed by atoms with Gasteiger partial charge < -0.3 is 15.5 Å². The molecule has 0 radical (unpaired) electrons. The van der Waals surface area contributed by atoms with Crippen LogP contribution in [0.1, 0.15) is 29.3 Å². The number of hydrogen-bond donors (Lipinski definition) is 2. The SMILES string of the molecule is CCCn1cc(NC(=O)c2cnc3c(c2)N(Cc2ccc(Cl)cc2)C(=O)CN3)cn1. The molecule has 3 heterocycles. The van der Waals surface area contributed by atoms with Crippen molar-refractivity contribution < 1.29 is 9.59 Å². The van der Waals surface area contributed by atoms with Crippen LogP contribution in [0.15, 0.2) is 48.9 Å². The minimum absolute atomic E-state index is 0.0994. The Bertz CT molecular complexity index is 1080. The van der Waals surface area contributed by atoms with E-state index in [4.69, 9.17) is 11.6 Å². The molecule has 0 saturated heterocycles. The zero-order valence-corrected chi connectivity index (χ0v) is 17.2. The van der Waals surface area contributed by atoms with Crippen LogP contribution in [0, 0.1) is 0 Å². The van der Waals surface area contributed by atoms with E-state index in [1.54, 1.807) is 40.2 Å². The van der Waals surface area contributed by atoms with E-state index in [9.17, 15) is 9.59 Å². The Morgan fingerprint density at radius 1 is 1.27 bits per heavy atom. The molecule has 1 aliphatic rings. The number of halogens is 1. The molecule has 3 aromatic rings. The van der Waals surface area contributed by atoms with E-state index in [0.717, 1.165) is 18.5 Å². The summed E-state index contributed by atoms with van der Waals surface area (Å²) in [5.74, 6) is 0.152. The van der Waals surface area contributed by atoms with Gasteiger partial charge in [-0.2, -0.15) is 5.10 Å². The summed E-state index contributed by atoms with van der Waals surface area (Å²) in [6.45, 7) is 3.35. The van der Waals surface area contributed by atoms with E-state index < -0.39 is 0 Å². The maximum absolute atomic E-state index is 12.7. The lowest BCUT2D eigenvalue weighted by Gasteiger charge is -2.29. The highest BCUT2D eigenvalue weighted by Crippen LogP contribution is 2.30. The summed E-state index contributed by atoms with van der Waals surface area (Å²) < 4.78 is 1.77. The minimum Gasteiger partial charge on any atom is -0.359 e. The second kappa shape index (κ2) is 8.54. The van der Waals surface area contributed by atoms with Crippen LogP contribution in [0.25, 0.3) is 0 Å². The van der Waals surface area contributed by atoms with Gasteiger partial charge in [-0.1, -0.05) is 30.7 Å². The standard InChI is InChI=1S/C21H21ClN6O2/c1-2-7-27-13-17(10-25-27)26-21(30)15-8-18-20(23-9-15)24-11-19(29)28(18)12-14-3-5-16(22)6-4-14/h3-6,8-10,13H,2,7,11-12H2,1H3,(H,23,24)(H,26,30). The molecule has 0 atom stereocenters. The molecule has 0 saturated carbocycles. The van der Waals surface area contributed by atoms with Gasteiger partial charge in [0.25, 0.3) is 5.91 Å². The van der Waals surface area contributed by atoms with Crippen molar-refractivity contribution in [2.45, 2.75) is 26.4 Å². The van der Waals surface area contributed by atoms with Gasteiger partial charge in [0.1, 0.15) is 0 Å². The summed E-state index contributed by atoms with van der Waals surface area (Å²) in [7, 11) is 0. The van der Waals surface area contributed by atoms with Crippen molar-refractivity contribution in [3.63, 3.8) is 0 Å². The summed E-state index contributed by atoms with van der Waals surface area (Å²) in [4.78, 5) is 31.3. The third-order valence-corrected chi connectivity index (χ3v) is 4.98. The summed E-state index contributed by atoms with van der Waals surface area (Å²) in [5.41, 5.74) is 2.46. The highest BCUT2D eigenvalue weighted by atomic mass is 35.5. The number of aryl methyl sites for hydroxylation is 1. The van der Waals surface area contributed by atoms with Crippen molar-refractivity contribution in [1.29, 1.82) is 0 Å². The molecule has 2 aromatic heterocycles. The van der Waals surface area contributed by atoms with Gasteiger partial charge >= 0.3 is 0 Å². The lowest BCUT2D eigenvalue weighted by molar-refractivity contribution is -0.117. The second-order valence-corrected chi connectivity index (χ2v) is 7.43. The van der Waals surface area contributed by atoms with Gasteiger partial charge in [0.05, 0.1) is 36.2 Å². The number of hydrogen-bond acceptors (Lipinski definition) is 5. The fourth-order valence-corrected chi connectivity index (χ4v) is 3.36. The molecule has 1 aromatic carbocycles. The molecule has 1 aliphatic heterocycles. The molecule has 30 heavy (non-hydrogen) atoms. The number of anilines is 3. The predicted octanol–water partition coefficient (Wildman–Crippen LogP) is 3.55. The van der Waals surface area contributed by atoms with Crippen molar-refractivity contribution in [3.05, 3.63) is 65.1 Å². The van der Waals surface area contributed by atoms with Crippen molar-refractivity contribution in [1.82, 2.24) is 14.8 Å². The van der Waals surface area contributed by atoms with Crippen LogP contribution in [0.3, 0.4) is 0 Å². The van der Waals surface area contributed by atoms with Gasteiger partial charge in [-0.15, -0.1) is 0 Å². The molecular weight excluding hydrogens is 404 g/mol. The number of benzene rings is 1. The Kier molecular flexibility index (Phi) is 5.67. The Hall–Kier alpha value is -3.39. The quantitative estimate of drug-likeness (QED) is 0.631. The highest BCUT2D eigenvalue weighted by Gasteiger charge is 2.26. The molecule has 9 heteroatoms. The average molecular weight is 425 g/mol. The maximum Gasteiger partial charge on any atom is 0.257 e. The molecule has 0 fully saturated rings. The molecule has 0 aliphatic carbocycles. The molecule has 2 N–H and O–H groups in total. The molecule has 0 bridgehead atoms. The zero-order chi connectivity index (χ0) is 21.1. The minimum atomic E-state index is -0.314. The first-order valence-electron chi connectivity index (χ1n) is 9.66. The molecule has 2 amide bonds. The number of carbonyl (C=O) groups is 2. The van der Waals surface area contributed by atoms with E-state index in [1.165, 1.54) is 6.20 Å². The number of nitrogens with zero attached hydrogens (tertiary/aromatic N) is 4. The van der Waals surface area contributed by atoms with Gasteiger partial charge in [0, 0.05) is 24.0 Å². The first kappa shape index (κ1) is 19.9. The number of nitrogens with one attached hydrogen (secondary N) is 2. The first-order chi connectivity index (χ1) is 14.5. The van der Waals surface area contributed by atoms with Crippen LogP contribution in [0.4, 0.5) is 17.2 Å². The van der Waals surface area contributed by atoms with Crippen LogP contribution in [-0.4, -0.2) is 33.1 Å². The molecule has 4 rings (SSSR count). The lowest BCUT2D eigenvalue weighted by atomic mass is 10.1. The Morgan fingerprint density at radius 2 is 2.07 bits per heavy atom. The number of fused-ring (bicyclic) bond motifs is 1. The Balaban J connectivity index is 1.56. The summed E-state index contributed by atoms with van der Waals surface area (Å²) in [6, 6.07) is 8.98. The molecule has 8 nitrogen and oxygen atoms in total. The van der Waals surface area contributed by atoms with E-state index in [2.05, 4.69) is 27.6 Å². The van der Waals surface area contributed by atoms with Gasteiger partial charge in [-0.05, 0) is 30.2 Å². The average Bonchev–Trinajstić information content (AvgIpc) is 3.18. The normalized spacial score (nSPS) is 13.0. The van der Waals surface area contributed by atoms with Crippen LogP contribution < -0.4 is 15.5 Å². The fourth-order valence-electron chi connectivity index (χ4n) is 3.24. The molecule has 0 spiro atoms. The van der Waals surface area contributed by atoms with Crippen LogP contribution in [-0.2, 0) is 17.9 Å². The Labute approximate surface area is 178 Å². The molecular formula is C21H21ClN6O2. The van der Waals surface area contributed by atoms with Crippen molar-refractivity contribution in [3.8, 4) is 0 Å². The van der Waals surface area contributed by atoms with E-state index >= 15 is 0 Å².